The fourth-order valence-electron chi connectivity index (χ4n) is 3.00. The van der Waals surface area contributed by atoms with Crippen LogP contribution < -0.4 is 5.56 Å². The number of aromatic amines is 1. The second-order valence-corrected chi connectivity index (χ2v) is 7.25. The minimum atomic E-state index is -0.598. The van der Waals surface area contributed by atoms with Gasteiger partial charge in [-0.1, -0.05) is 30.3 Å². The number of hydrogen-bond donors (Lipinski definition) is 1. The van der Waals surface area contributed by atoms with E-state index in [-0.39, 0.29) is 18.0 Å². The number of benzene rings is 1. The van der Waals surface area contributed by atoms with Crippen molar-refractivity contribution in [2.24, 2.45) is 0 Å². The summed E-state index contributed by atoms with van der Waals surface area (Å²) in [5, 5.41) is 13.0. The van der Waals surface area contributed by atoms with Crippen LogP contribution in [-0.2, 0) is 17.8 Å². The molecule has 0 aliphatic carbocycles. The van der Waals surface area contributed by atoms with Gasteiger partial charge in [-0.3, -0.25) is 9.59 Å². The molecule has 9 nitrogen and oxygen atoms in total. The predicted molar refractivity (Wildman–Crippen MR) is 104 cm³/mol. The zero-order valence-corrected chi connectivity index (χ0v) is 15.8. The van der Waals surface area contributed by atoms with Crippen LogP contribution >= 0.6 is 11.3 Å². The molecular formula is C18H17N7O2S. The van der Waals surface area contributed by atoms with Crippen LogP contribution in [0.1, 0.15) is 17.4 Å². The molecule has 0 saturated carbocycles. The molecule has 0 aliphatic rings. The van der Waals surface area contributed by atoms with Crippen LogP contribution in [0.3, 0.4) is 0 Å². The molecule has 3 aromatic heterocycles. The molecular weight excluding hydrogens is 378 g/mol. The van der Waals surface area contributed by atoms with Gasteiger partial charge in [-0.05, 0) is 27.4 Å². The topological polar surface area (TPSA) is 110 Å². The first-order chi connectivity index (χ1) is 13.6. The predicted octanol–water partition coefficient (Wildman–Crippen LogP) is 1.41. The number of nitrogens with zero attached hydrogens (tertiary/aromatic N) is 6. The van der Waals surface area contributed by atoms with Crippen LogP contribution in [0.2, 0.25) is 0 Å². The number of nitrogens with one attached hydrogen (secondary N) is 1. The zero-order chi connectivity index (χ0) is 19.5. The van der Waals surface area contributed by atoms with Gasteiger partial charge in [0.2, 0.25) is 5.91 Å². The molecule has 1 aromatic carbocycles. The van der Waals surface area contributed by atoms with E-state index in [1.54, 1.807) is 13.1 Å². The van der Waals surface area contributed by atoms with Crippen molar-refractivity contribution in [1.82, 2.24) is 35.1 Å². The van der Waals surface area contributed by atoms with E-state index in [4.69, 9.17) is 0 Å². The van der Waals surface area contributed by atoms with Gasteiger partial charge in [0.1, 0.15) is 22.9 Å². The Morgan fingerprint density at radius 1 is 1.29 bits per heavy atom. The van der Waals surface area contributed by atoms with Gasteiger partial charge in [0.05, 0.1) is 12.1 Å². The minimum absolute atomic E-state index is 0.174. The Morgan fingerprint density at radius 2 is 2.11 bits per heavy atom. The first-order valence-corrected chi connectivity index (χ1v) is 9.47. The first kappa shape index (κ1) is 18.0. The van der Waals surface area contributed by atoms with Crippen molar-refractivity contribution < 1.29 is 4.79 Å². The van der Waals surface area contributed by atoms with Crippen molar-refractivity contribution in [3.63, 3.8) is 0 Å². The van der Waals surface area contributed by atoms with E-state index >= 15 is 0 Å². The van der Waals surface area contributed by atoms with E-state index in [9.17, 15) is 9.59 Å². The number of tetrazole rings is 1. The molecule has 1 amide bonds. The number of rotatable bonds is 6. The number of hydrogen-bond acceptors (Lipinski definition) is 7. The fourth-order valence-corrected chi connectivity index (χ4v) is 3.72. The van der Waals surface area contributed by atoms with Crippen LogP contribution in [-0.4, -0.2) is 48.0 Å². The molecule has 142 valence electrons. The van der Waals surface area contributed by atoms with Crippen molar-refractivity contribution in [3.05, 3.63) is 69.8 Å². The normalized spacial score (nSPS) is 12.2. The van der Waals surface area contributed by atoms with Crippen LogP contribution in [0.25, 0.3) is 10.2 Å². The Balaban J connectivity index is 1.57. The fraction of sp³-hybridized carbons (Fsp3) is 0.222. The highest BCUT2D eigenvalue weighted by Crippen LogP contribution is 2.17. The first-order valence-electron chi connectivity index (χ1n) is 8.59. The summed E-state index contributed by atoms with van der Waals surface area (Å²) in [5.41, 5.74) is 1.43. The number of H-pyrrole nitrogens is 1. The quantitative estimate of drug-likeness (QED) is 0.529. The third-order valence-electron chi connectivity index (χ3n) is 4.37. The highest BCUT2D eigenvalue weighted by atomic mass is 32.1. The second-order valence-electron chi connectivity index (χ2n) is 6.34. The lowest BCUT2D eigenvalue weighted by Crippen LogP contribution is -2.36. The maximum atomic E-state index is 13.1. The molecule has 10 heteroatoms. The molecule has 4 aromatic rings. The molecule has 0 spiro atoms. The summed E-state index contributed by atoms with van der Waals surface area (Å²) in [6, 6.07) is 10.9. The monoisotopic (exact) mass is 395 g/mol. The molecule has 0 bridgehead atoms. The lowest BCUT2D eigenvalue weighted by atomic mass is 10.1. The van der Waals surface area contributed by atoms with E-state index in [0.29, 0.717) is 22.5 Å². The molecule has 1 N–H and O–H groups in total. The van der Waals surface area contributed by atoms with Gasteiger partial charge in [0, 0.05) is 13.5 Å². The summed E-state index contributed by atoms with van der Waals surface area (Å²) in [6.45, 7) is 0.174. The Bertz CT molecular complexity index is 1140. The Kier molecular flexibility index (Phi) is 4.94. The van der Waals surface area contributed by atoms with Crippen molar-refractivity contribution >= 4 is 27.5 Å². The largest absolute Gasteiger partial charge is 0.336 e. The molecule has 1 atom stereocenters. The number of thiophene rings is 1. The molecule has 0 fully saturated rings. The molecule has 0 saturated heterocycles. The minimum Gasteiger partial charge on any atom is -0.336 e. The van der Waals surface area contributed by atoms with E-state index in [2.05, 4.69) is 25.5 Å². The molecule has 3 heterocycles. The smallest absolute Gasteiger partial charge is 0.268 e. The maximum Gasteiger partial charge on any atom is 0.268 e. The lowest BCUT2D eigenvalue weighted by Gasteiger charge is -2.23. The highest BCUT2D eigenvalue weighted by molar-refractivity contribution is 7.17. The number of amides is 1. The summed E-state index contributed by atoms with van der Waals surface area (Å²) < 4.78 is 2.03. The molecule has 1 unspecified atom stereocenters. The van der Waals surface area contributed by atoms with Gasteiger partial charge in [-0.2, -0.15) is 0 Å². The average Bonchev–Trinajstić information content (AvgIpc) is 3.38. The van der Waals surface area contributed by atoms with E-state index in [1.807, 2.05) is 35.7 Å². The van der Waals surface area contributed by atoms with Gasteiger partial charge in [0.25, 0.3) is 5.56 Å². The maximum absolute atomic E-state index is 13.1. The van der Waals surface area contributed by atoms with Crippen molar-refractivity contribution in [3.8, 4) is 0 Å². The lowest BCUT2D eigenvalue weighted by molar-refractivity contribution is -0.134. The van der Waals surface area contributed by atoms with Crippen LogP contribution in [0, 0.1) is 0 Å². The number of carbonyl (C=O) groups excluding carboxylic acids is 1. The summed E-state index contributed by atoms with van der Waals surface area (Å²) in [5.74, 6) is 0.256. The van der Waals surface area contributed by atoms with Gasteiger partial charge in [-0.15, -0.1) is 16.4 Å². The molecule has 0 aliphatic heterocycles. The summed E-state index contributed by atoms with van der Waals surface area (Å²) >= 11 is 1.34. The van der Waals surface area contributed by atoms with E-state index in [0.717, 1.165) is 5.56 Å². The van der Waals surface area contributed by atoms with Crippen LogP contribution in [0.15, 0.2) is 52.9 Å². The number of fused-ring (bicyclic) bond motifs is 1. The summed E-state index contributed by atoms with van der Waals surface area (Å²) in [6.07, 6.45) is 1.87. The number of aromatic nitrogens is 6. The second kappa shape index (κ2) is 7.69. The third kappa shape index (κ3) is 3.67. The van der Waals surface area contributed by atoms with Crippen molar-refractivity contribution in [2.45, 2.75) is 19.0 Å². The van der Waals surface area contributed by atoms with Gasteiger partial charge < -0.3 is 9.88 Å². The summed E-state index contributed by atoms with van der Waals surface area (Å²) in [4.78, 5) is 34.0. The molecule has 4 rings (SSSR count). The average molecular weight is 395 g/mol. The summed E-state index contributed by atoms with van der Waals surface area (Å²) in [7, 11) is 1.67. The van der Waals surface area contributed by atoms with Gasteiger partial charge in [-0.25, -0.2) is 9.67 Å². The third-order valence-corrected chi connectivity index (χ3v) is 5.27. The zero-order valence-electron chi connectivity index (χ0n) is 15.0. The van der Waals surface area contributed by atoms with Crippen LogP contribution in [0.4, 0.5) is 0 Å². The number of likely N-dealkylation sites (N-methyl/N-ethyl adjacent to an activating group) is 1. The van der Waals surface area contributed by atoms with Gasteiger partial charge in [0.15, 0.2) is 0 Å². The van der Waals surface area contributed by atoms with Crippen molar-refractivity contribution in [2.75, 3.05) is 7.05 Å². The van der Waals surface area contributed by atoms with E-state index < -0.39 is 6.04 Å². The van der Waals surface area contributed by atoms with E-state index in [1.165, 1.54) is 27.2 Å². The Hall–Kier alpha value is -3.40. The SMILES string of the molecule is CN(Cc1nc2ccsc2c(=O)[nH]1)C(=O)C(Cc1ccccc1)n1cnnn1. The van der Waals surface area contributed by atoms with Crippen molar-refractivity contribution in [1.29, 1.82) is 0 Å². The molecule has 28 heavy (non-hydrogen) atoms. The Labute approximate surface area is 163 Å². The molecule has 0 radical (unpaired) electrons. The van der Waals surface area contributed by atoms with Crippen LogP contribution in [0.5, 0.6) is 0 Å². The van der Waals surface area contributed by atoms with Gasteiger partial charge >= 0.3 is 0 Å². The number of carbonyl (C=O) groups is 1. The highest BCUT2D eigenvalue weighted by Gasteiger charge is 2.26. The standard InChI is InChI=1S/C18H17N7O2S/c1-24(10-15-20-13-7-8-28-16(13)17(26)21-15)18(27)14(25-11-19-22-23-25)9-12-5-3-2-4-6-12/h2-8,11,14H,9-10H2,1H3,(H,20,21,26). The Morgan fingerprint density at radius 3 is 2.86 bits per heavy atom.